The van der Waals surface area contributed by atoms with Gasteiger partial charge >= 0.3 is 0 Å². The van der Waals surface area contributed by atoms with Gasteiger partial charge in [0.15, 0.2) is 0 Å². The fourth-order valence-corrected chi connectivity index (χ4v) is 4.50. The number of amides is 1. The number of carbonyl (C=O) groups excluding carboxylic acids is 1. The van der Waals surface area contributed by atoms with Crippen molar-refractivity contribution in [1.82, 2.24) is 15.1 Å². The molecule has 1 fully saturated rings. The van der Waals surface area contributed by atoms with Crippen LogP contribution in [0.25, 0.3) is 0 Å². The monoisotopic (exact) mass is 427 g/mol. The molecule has 1 amide bonds. The molecule has 1 aliphatic heterocycles. The summed E-state index contributed by atoms with van der Waals surface area (Å²) in [6, 6.07) is 30.1. The van der Waals surface area contributed by atoms with Crippen LogP contribution in [0.5, 0.6) is 0 Å². The van der Waals surface area contributed by atoms with Gasteiger partial charge in [-0.15, -0.1) is 0 Å². The molecule has 0 bridgehead atoms. The molecule has 0 saturated carbocycles. The SMILES string of the molecule is Cc1cccc(CNC(=O)CCN2CCN(C(c3ccccc3)c3ccccc3)CC2)c1. The van der Waals surface area contributed by atoms with Crippen LogP contribution in [0.4, 0.5) is 0 Å². The molecule has 1 heterocycles. The van der Waals surface area contributed by atoms with E-state index in [1.54, 1.807) is 0 Å². The molecule has 0 aliphatic carbocycles. The van der Waals surface area contributed by atoms with E-state index in [1.807, 2.05) is 6.07 Å². The van der Waals surface area contributed by atoms with E-state index in [4.69, 9.17) is 0 Å². The third-order valence-electron chi connectivity index (χ3n) is 6.23. The lowest BCUT2D eigenvalue weighted by Crippen LogP contribution is -2.48. The Balaban J connectivity index is 1.28. The quantitative estimate of drug-likeness (QED) is 0.578. The molecule has 0 aromatic heterocycles. The van der Waals surface area contributed by atoms with Crippen LogP contribution >= 0.6 is 0 Å². The normalized spacial score (nSPS) is 15.1. The first-order valence-corrected chi connectivity index (χ1v) is 11.6. The van der Waals surface area contributed by atoms with Gasteiger partial charge in [0.25, 0.3) is 0 Å². The first kappa shape index (κ1) is 22.3. The molecule has 1 N–H and O–H groups in total. The molecular formula is C28H33N3O. The highest BCUT2D eigenvalue weighted by Crippen LogP contribution is 2.29. The molecule has 4 rings (SSSR count). The minimum absolute atomic E-state index is 0.125. The number of benzene rings is 3. The third kappa shape index (κ3) is 6.06. The van der Waals surface area contributed by atoms with Gasteiger partial charge in [0.2, 0.25) is 5.91 Å². The summed E-state index contributed by atoms with van der Waals surface area (Å²) in [5.74, 6) is 0.125. The van der Waals surface area contributed by atoms with Crippen molar-refractivity contribution in [2.24, 2.45) is 0 Å². The van der Waals surface area contributed by atoms with Gasteiger partial charge in [-0.2, -0.15) is 0 Å². The molecule has 166 valence electrons. The lowest BCUT2D eigenvalue weighted by molar-refractivity contribution is -0.121. The zero-order valence-electron chi connectivity index (χ0n) is 18.9. The minimum atomic E-state index is 0.125. The average molecular weight is 428 g/mol. The van der Waals surface area contributed by atoms with Crippen molar-refractivity contribution in [3.8, 4) is 0 Å². The summed E-state index contributed by atoms with van der Waals surface area (Å²) in [6.07, 6.45) is 0.548. The minimum Gasteiger partial charge on any atom is -0.352 e. The number of nitrogens with one attached hydrogen (secondary N) is 1. The Kier molecular flexibility index (Phi) is 7.70. The van der Waals surface area contributed by atoms with Crippen molar-refractivity contribution >= 4 is 5.91 Å². The number of hydrogen-bond donors (Lipinski definition) is 1. The average Bonchev–Trinajstić information content (AvgIpc) is 2.84. The highest BCUT2D eigenvalue weighted by molar-refractivity contribution is 5.76. The van der Waals surface area contributed by atoms with Gasteiger partial charge in [0.05, 0.1) is 6.04 Å². The van der Waals surface area contributed by atoms with E-state index in [0.717, 1.165) is 38.3 Å². The van der Waals surface area contributed by atoms with Gasteiger partial charge in [-0.1, -0.05) is 90.5 Å². The van der Waals surface area contributed by atoms with Gasteiger partial charge in [0.1, 0.15) is 0 Å². The van der Waals surface area contributed by atoms with Gasteiger partial charge in [0, 0.05) is 45.7 Å². The van der Waals surface area contributed by atoms with E-state index in [0.29, 0.717) is 13.0 Å². The fraction of sp³-hybridized carbons (Fsp3) is 0.321. The van der Waals surface area contributed by atoms with E-state index in [2.05, 4.69) is 101 Å². The van der Waals surface area contributed by atoms with Crippen LogP contribution in [0, 0.1) is 6.92 Å². The zero-order valence-corrected chi connectivity index (χ0v) is 18.9. The first-order chi connectivity index (χ1) is 15.7. The smallest absolute Gasteiger partial charge is 0.221 e. The second-order valence-electron chi connectivity index (χ2n) is 8.62. The standard InChI is InChI=1S/C28H33N3O/c1-23-9-8-10-24(21-23)22-29-27(32)15-16-30-17-19-31(20-18-30)28(25-11-4-2-5-12-25)26-13-6-3-7-14-26/h2-14,21,28H,15-20,22H2,1H3,(H,29,32). The fourth-order valence-electron chi connectivity index (χ4n) is 4.50. The lowest BCUT2D eigenvalue weighted by Gasteiger charge is -2.39. The maximum atomic E-state index is 12.3. The van der Waals surface area contributed by atoms with Crippen LogP contribution in [0.1, 0.15) is 34.7 Å². The summed E-state index contributed by atoms with van der Waals surface area (Å²) in [7, 11) is 0. The maximum absolute atomic E-state index is 12.3. The number of hydrogen-bond acceptors (Lipinski definition) is 3. The summed E-state index contributed by atoms with van der Waals surface area (Å²) in [5, 5.41) is 3.06. The predicted molar refractivity (Wildman–Crippen MR) is 130 cm³/mol. The second-order valence-corrected chi connectivity index (χ2v) is 8.62. The predicted octanol–water partition coefficient (Wildman–Crippen LogP) is 4.41. The number of piperazine rings is 1. The van der Waals surface area contributed by atoms with Crippen LogP contribution in [-0.4, -0.2) is 48.4 Å². The highest BCUT2D eigenvalue weighted by Gasteiger charge is 2.26. The van der Waals surface area contributed by atoms with E-state index in [1.165, 1.54) is 16.7 Å². The van der Waals surface area contributed by atoms with Crippen LogP contribution in [0.3, 0.4) is 0 Å². The summed E-state index contributed by atoms with van der Waals surface area (Å²) < 4.78 is 0. The van der Waals surface area contributed by atoms with Crippen LogP contribution in [-0.2, 0) is 11.3 Å². The highest BCUT2D eigenvalue weighted by atomic mass is 16.1. The number of nitrogens with zero attached hydrogens (tertiary/aromatic N) is 2. The van der Waals surface area contributed by atoms with Crippen molar-refractivity contribution in [3.05, 3.63) is 107 Å². The van der Waals surface area contributed by atoms with Crippen molar-refractivity contribution in [3.63, 3.8) is 0 Å². The van der Waals surface area contributed by atoms with Crippen molar-refractivity contribution < 1.29 is 4.79 Å². The number of aryl methyl sites for hydroxylation is 1. The maximum Gasteiger partial charge on any atom is 0.221 e. The Morgan fingerprint density at radius 1 is 0.844 bits per heavy atom. The molecule has 4 heteroatoms. The summed E-state index contributed by atoms with van der Waals surface area (Å²) in [5.41, 5.74) is 5.05. The first-order valence-electron chi connectivity index (χ1n) is 11.6. The van der Waals surface area contributed by atoms with E-state index in [9.17, 15) is 4.79 Å². The van der Waals surface area contributed by atoms with E-state index < -0.39 is 0 Å². The molecule has 3 aromatic carbocycles. The molecule has 32 heavy (non-hydrogen) atoms. The Morgan fingerprint density at radius 2 is 1.47 bits per heavy atom. The van der Waals surface area contributed by atoms with Gasteiger partial charge in [-0.05, 0) is 23.6 Å². The molecule has 0 atom stereocenters. The molecular weight excluding hydrogens is 394 g/mol. The van der Waals surface area contributed by atoms with E-state index >= 15 is 0 Å². The molecule has 4 nitrogen and oxygen atoms in total. The Morgan fingerprint density at radius 3 is 2.06 bits per heavy atom. The Bertz CT molecular complexity index is 942. The summed E-state index contributed by atoms with van der Waals surface area (Å²) in [4.78, 5) is 17.3. The third-order valence-corrected chi connectivity index (χ3v) is 6.23. The Hall–Kier alpha value is -2.95. The Labute approximate surface area is 191 Å². The molecule has 3 aromatic rings. The summed E-state index contributed by atoms with van der Waals surface area (Å²) >= 11 is 0. The molecule has 1 saturated heterocycles. The van der Waals surface area contributed by atoms with Crippen LogP contribution in [0.2, 0.25) is 0 Å². The molecule has 0 unspecified atom stereocenters. The van der Waals surface area contributed by atoms with Crippen molar-refractivity contribution in [2.75, 3.05) is 32.7 Å². The van der Waals surface area contributed by atoms with Crippen LogP contribution in [0.15, 0.2) is 84.9 Å². The number of rotatable bonds is 8. The van der Waals surface area contributed by atoms with Crippen LogP contribution < -0.4 is 5.32 Å². The zero-order chi connectivity index (χ0) is 22.2. The van der Waals surface area contributed by atoms with Gasteiger partial charge in [-0.25, -0.2) is 0 Å². The van der Waals surface area contributed by atoms with Gasteiger partial charge in [-0.3, -0.25) is 9.69 Å². The molecule has 1 aliphatic rings. The summed E-state index contributed by atoms with van der Waals surface area (Å²) in [6.45, 7) is 7.46. The van der Waals surface area contributed by atoms with E-state index in [-0.39, 0.29) is 11.9 Å². The lowest BCUT2D eigenvalue weighted by atomic mass is 9.96. The molecule has 0 spiro atoms. The largest absolute Gasteiger partial charge is 0.352 e. The van der Waals surface area contributed by atoms with Crippen molar-refractivity contribution in [1.29, 1.82) is 0 Å². The topological polar surface area (TPSA) is 35.6 Å². The van der Waals surface area contributed by atoms with Gasteiger partial charge < -0.3 is 10.2 Å². The molecule has 0 radical (unpaired) electrons. The number of carbonyl (C=O) groups is 1. The second kappa shape index (κ2) is 11.1. The van der Waals surface area contributed by atoms with Crippen molar-refractivity contribution in [2.45, 2.75) is 25.9 Å².